The molecule has 0 atom stereocenters. The maximum atomic E-state index is 6.25. The SMILES string of the molecule is CCCc1c(Cl)ncnc1N1CCCC(C)(C)CC1. The molecule has 0 saturated carbocycles. The normalized spacial score (nSPS) is 19.3. The van der Waals surface area contributed by atoms with Crippen LogP contribution >= 0.6 is 11.6 Å². The second-order valence-corrected chi connectivity index (χ2v) is 6.58. The Morgan fingerprint density at radius 3 is 2.79 bits per heavy atom. The first kappa shape index (κ1) is 14.6. The molecule has 0 N–H and O–H groups in total. The smallest absolute Gasteiger partial charge is 0.137 e. The Balaban J connectivity index is 2.23. The van der Waals surface area contributed by atoms with E-state index in [2.05, 4.69) is 35.6 Å². The molecule has 1 saturated heterocycles. The van der Waals surface area contributed by atoms with Crippen molar-refractivity contribution in [1.82, 2.24) is 9.97 Å². The van der Waals surface area contributed by atoms with Crippen LogP contribution in [-0.4, -0.2) is 23.1 Å². The summed E-state index contributed by atoms with van der Waals surface area (Å²) < 4.78 is 0. The molecule has 0 aliphatic carbocycles. The largest absolute Gasteiger partial charge is 0.356 e. The number of aromatic nitrogens is 2. The van der Waals surface area contributed by atoms with Gasteiger partial charge < -0.3 is 4.90 Å². The summed E-state index contributed by atoms with van der Waals surface area (Å²) in [5, 5.41) is 0.621. The summed E-state index contributed by atoms with van der Waals surface area (Å²) in [7, 11) is 0. The third kappa shape index (κ3) is 3.59. The van der Waals surface area contributed by atoms with Crippen molar-refractivity contribution in [2.45, 2.75) is 52.9 Å². The van der Waals surface area contributed by atoms with Gasteiger partial charge in [0.1, 0.15) is 17.3 Å². The summed E-state index contributed by atoms with van der Waals surface area (Å²) >= 11 is 6.25. The minimum Gasteiger partial charge on any atom is -0.356 e. The molecule has 1 aromatic heterocycles. The van der Waals surface area contributed by atoms with Crippen LogP contribution in [0.5, 0.6) is 0 Å². The number of rotatable bonds is 3. The van der Waals surface area contributed by atoms with E-state index >= 15 is 0 Å². The summed E-state index contributed by atoms with van der Waals surface area (Å²) in [5.74, 6) is 1.06. The maximum Gasteiger partial charge on any atom is 0.137 e. The van der Waals surface area contributed by atoms with Gasteiger partial charge in [-0.25, -0.2) is 9.97 Å². The van der Waals surface area contributed by atoms with Crippen molar-refractivity contribution < 1.29 is 0 Å². The minimum absolute atomic E-state index is 0.441. The van der Waals surface area contributed by atoms with Gasteiger partial charge in [0.05, 0.1) is 0 Å². The monoisotopic (exact) mass is 281 g/mol. The van der Waals surface area contributed by atoms with E-state index < -0.39 is 0 Å². The van der Waals surface area contributed by atoms with E-state index in [4.69, 9.17) is 11.6 Å². The van der Waals surface area contributed by atoms with E-state index in [1.54, 1.807) is 6.33 Å². The van der Waals surface area contributed by atoms with E-state index in [9.17, 15) is 0 Å². The van der Waals surface area contributed by atoms with Gasteiger partial charge in [-0.15, -0.1) is 0 Å². The van der Waals surface area contributed by atoms with Gasteiger partial charge in [0, 0.05) is 18.7 Å². The predicted octanol–water partition coefficient (Wildman–Crippen LogP) is 4.10. The number of hydrogen-bond acceptors (Lipinski definition) is 3. The molecular weight excluding hydrogens is 258 g/mol. The second kappa shape index (κ2) is 6.08. The van der Waals surface area contributed by atoms with Gasteiger partial charge in [0.15, 0.2) is 0 Å². The molecular formula is C15H24ClN3. The van der Waals surface area contributed by atoms with Crippen LogP contribution in [0.25, 0.3) is 0 Å². The van der Waals surface area contributed by atoms with Gasteiger partial charge >= 0.3 is 0 Å². The predicted molar refractivity (Wildman–Crippen MR) is 80.9 cm³/mol. The molecule has 1 aliphatic rings. The molecule has 1 aromatic rings. The highest BCUT2D eigenvalue weighted by Gasteiger charge is 2.25. The first-order valence-corrected chi connectivity index (χ1v) is 7.65. The van der Waals surface area contributed by atoms with Gasteiger partial charge in [-0.3, -0.25) is 0 Å². The highest BCUT2D eigenvalue weighted by atomic mass is 35.5. The summed E-state index contributed by atoms with van der Waals surface area (Å²) in [4.78, 5) is 11.0. The topological polar surface area (TPSA) is 29.0 Å². The van der Waals surface area contributed by atoms with Gasteiger partial charge in [0.25, 0.3) is 0 Å². The summed E-state index contributed by atoms with van der Waals surface area (Å²) in [6.07, 6.45) is 7.33. The Morgan fingerprint density at radius 1 is 1.26 bits per heavy atom. The molecule has 1 fully saturated rings. The zero-order chi connectivity index (χ0) is 13.9. The molecule has 0 amide bonds. The number of hydrogen-bond donors (Lipinski definition) is 0. The highest BCUT2D eigenvalue weighted by molar-refractivity contribution is 6.30. The van der Waals surface area contributed by atoms with Crippen molar-refractivity contribution in [3.63, 3.8) is 0 Å². The van der Waals surface area contributed by atoms with Gasteiger partial charge in [-0.1, -0.05) is 38.8 Å². The van der Waals surface area contributed by atoms with Crippen LogP contribution in [0.4, 0.5) is 5.82 Å². The molecule has 106 valence electrons. The van der Waals surface area contributed by atoms with Gasteiger partial charge in [0.2, 0.25) is 0 Å². The van der Waals surface area contributed by atoms with Crippen molar-refractivity contribution in [2.75, 3.05) is 18.0 Å². The van der Waals surface area contributed by atoms with E-state index in [-0.39, 0.29) is 0 Å². The zero-order valence-corrected chi connectivity index (χ0v) is 13.0. The van der Waals surface area contributed by atoms with E-state index in [1.165, 1.54) is 19.3 Å². The lowest BCUT2D eigenvalue weighted by atomic mass is 9.85. The fraction of sp³-hybridized carbons (Fsp3) is 0.733. The van der Waals surface area contributed by atoms with Crippen LogP contribution in [-0.2, 0) is 6.42 Å². The second-order valence-electron chi connectivity index (χ2n) is 6.22. The Hall–Kier alpha value is -0.830. The van der Waals surface area contributed by atoms with Gasteiger partial charge in [-0.05, 0) is 31.1 Å². The summed E-state index contributed by atoms with van der Waals surface area (Å²) in [6.45, 7) is 9.02. The first-order valence-electron chi connectivity index (χ1n) is 7.28. The van der Waals surface area contributed by atoms with Crippen molar-refractivity contribution in [2.24, 2.45) is 5.41 Å². The zero-order valence-electron chi connectivity index (χ0n) is 12.2. The van der Waals surface area contributed by atoms with E-state index in [0.717, 1.165) is 37.3 Å². The standard InChI is InChI=1S/C15H24ClN3/c1-4-6-12-13(16)17-11-18-14(12)19-9-5-7-15(2,3)8-10-19/h11H,4-10H2,1-3H3. The molecule has 0 spiro atoms. The lowest BCUT2D eigenvalue weighted by Crippen LogP contribution is -2.27. The van der Waals surface area contributed by atoms with Crippen molar-refractivity contribution in [1.29, 1.82) is 0 Å². The summed E-state index contributed by atoms with van der Waals surface area (Å²) in [6, 6.07) is 0. The van der Waals surface area contributed by atoms with Crippen LogP contribution in [0, 0.1) is 5.41 Å². The van der Waals surface area contributed by atoms with Crippen LogP contribution in [0.2, 0.25) is 5.15 Å². The molecule has 0 bridgehead atoms. The first-order chi connectivity index (χ1) is 9.03. The molecule has 19 heavy (non-hydrogen) atoms. The third-order valence-electron chi connectivity index (χ3n) is 4.01. The lowest BCUT2D eigenvalue weighted by molar-refractivity contribution is 0.325. The Bertz CT molecular complexity index is 431. The fourth-order valence-electron chi connectivity index (χ4n) is 2.75. The molecule has 3 nitrogen and oxygen atoms in total. The summed E-state index contributed by atoms with van der Waals surface area (Å²) in [5.41, 5.74) is 1.56. The van der Waals surface area contributed by atoms with Crippen LogP contribution in [0.1, 0.15) is 52.0 Å². The lowest BCUT2D eigenvalue weighted by Gasteiger charge is -2.25. The number of halogens is 1. The third-order valence-corrected chi connectivity index (χ3v) is 4.34. The Labute approximate surface area is 121 Å². The van der Waals surface area contributed by atoms with E-state index in [0.29, 0.717) is 10.6 Å². The Morgan fingerprint density at radius 2 is 2.05 bits per heavy atom. The molecule has 4 heteroatoms. The number of anilines is 1. The van der Waals surface area contributed by atoms with Crippen LogP contribution in [0.15, 0.2) is 6.33 Å². The quantitative estimate of drug-likeness (QED) is 0.781. The maximum absolute atomic E-state index is 6.25. The van der Waals surface area contributed by atoms with E-state index in [1.807, 2.05) is 0 Å². The molecule has 2 heterocycles. The van der Waals surface area contributed by atoms with Crippen LogP contribution in [0.3, 0.4) is 0 Å². The molecule has 0 radical (unpaired) electrons. The van der Waals surface area contributed by atoms with Gasteiger partial charge in [-0.2, -0.15) is 0 Å². The highest BCUT2D eigenvalue weighted by Crippen LogP contribution is 2.33. The average Bonchev–Trinajstić information content (AvgIpc) is 2.53. The molecule has 0 unspecified atom stereocenters. The van der Waals surface area contributed by atoms with Crippen molar-refractivity contribution in [3.05, 3.63) is 17.0 Å². The molecule has 1 aliphatic heterocycles. The molecule has 2 rings (SSSR count). The number of nitrogens with zero attached hydrogens (tertiary/aromatic N) is 3. The fourth-order valence-corrected chi connectivity index (χ4v) is 2.98. The molecule has 0 aromatic carbocycles. The minimum atomic E-state index is 0.441. The van der Waals surface area contributed by atoms with Crippen LogP contribution < -0.4 is 4.90 Å². The average molecular weight is 282 g/mol. The van der Waals surface area contributed by atoms with Crippen molar-refractivity contribution in [3.8, 4) is 0 Å². The Kier molecular flexibility index (Phi) is 4.67. The van der Waals surface area contributed by atoms with Crippen molar-refractivity contribution >= 4 is 17.4 Å².